The summed E-state index contributed by atoms with van der Waals surface area (Å²) < 4.78 is 23.7. The van der Waals surface area contributed by atoms with Crippen LogP contribution in [0.1, 0.15) is 23.2 Å². The molecule has 28 heavy (non-hydrogen) atoms. The zero-order valence-electron chi connectivity index (χ0n) is 15.9. The first-order valence-electron chi connectivity index (χ1n) is 9.09. The van der Waals surface area contributed by atoms with Gasteiger partial charge in [-0.3, -0.25) is 9.59 Å². The molecule has 2 aromatic carbocycles. The van der Waals surface area contributed by atoms with Crippen LogP contribution in [0.2, 0.25) is 0 Å². The summed E-state index contributed by atoms with van der Waals surface area (Å²) in [7, 11) is 3.07. The van der Waals surface area contributed by atoms with E-state index in [4.69, 9.17) is 9.47 Å². The van der Waals surface area contributed by atoms with Crippen molar-refractivity contribution in [2.75, 3.05) is 32.6 Å². The number of methoxy groups -OCH3 is 2. The van der Waals surface area contributed by atoms with Crippen LogP contribution in [0.3, 0.4) is 0 Å². The lowest BCUT2D eigenvalue weighted by atomic mass is 9.95. The molecule has 0 spiro atoms. The largest absolute Gasteiger partial charge is 0.497 e. The Balaban J connectivity index is 1.60. The molecular weight excluding hydrogens is 363 g/mol. The Labute approximate surface area is 163 Å². The van der Waals surface area contributed by atoms with Gasteiger partial charge in [0.15, 0.2) is 0 Å². The number of anilines is 1. The van der Waals surface area contributed by atoms with Crippen molar-refractivity contribution in [3.63, 3.8) is 0 Å². The van der Waals surface area contributed by atoms with Crippen LogP contribution < -0.4 is 14.8 Å². The van der Waals surface area contributed by atoms with Gasteiger partial charge in [0.05, 0.1) is 14.2 Å². The van der Waals surface area contributed by atoms with Crippen molar-refractivity contribution in [1.82, 2.24) is 4.90 Å². The molecule has 1 fully saturated rings. The number of ether oxygens (including phenoxy) is 2. The van der Waals surface area contributed by atoms with E-state index in [1.54, 1.807) is 35.2 Å². The topological polar surface area (TPSA) is 67.9 Å². The fourth-order valence-electron chi connectivity index (χ4n) is 3.27. The fourth-order valence-corrected chi connectivity index (χ4v) is 3.27. The highest BCUT2D eigenvalue weighted by Crippen LogP contribution is 2.26. The molecule has 0 radical (unpaired) electrons. The summed E-state index contributed by atoms with van der Waals surface area (Å²) in [4.78, 5) is 27.0. The van der Waals surface area contributed by atoms with Crippen LogP contribution in [0.4, 0.5) is 10.1 Å². The lowest BCUT2D eigenvalue weighted by molar-refractivity contribution is -0.121. The number of amides is 2. The van der Waals surface area contributed by atoms with E-state index in [2.05, 4.69) is 5.32 Å². The molecule has 6 nitrogen and oxygen atoms in total. The van der Waals surface area contributed by atoms with E-state index in [-0.39, 0.29) is 17.7 Å². The lowest BCUT2D eigenvalue weighted by Gasteiger charge is -2.31. The fraction of sp³-hybridized carbons (Fsp3) is 0.333. The molecule has 0 unspecified atom stereocenters. The zero-order valence-corrected chi connectivity index (χ0v) is 15.9. The number of rotatable bonds is 5. The number of hydrogen-bond donors (Lipinski definition) is 1. The number of halogens is 1. The monoisotopic (exact) mass is 386 g/mol. The minimum atomic E-state index is -0.396. The minimum absolute atomic E-state index is 0.124. The van der Waals surface area contributed by atoms with Crippen molar-refractivity contribution in [2.24, 2.45) is 5.92 Å². The van der Waals surface area contributed by atoms with Crippen LogP contribution in [0.5, 0.6) is 11.5 Å². The van der Waals surface area contributed by atoms with Gasteiger partial charge in [0.25, 0.3) is 5.91 Å². The van der Waals surface area contributed by atoms with Gasteiger partial charge < -0.3 is 19.7 Å². The molecule has 0 atom stereocenters. The number of likely N-dealkylation sites (tertiary alicyclic amines) is 1. The SMILES string of the molecule is COc1cc(OC)cc(C(=O)N2CCC(C(=O)Nc3cccc(F)c3)CC2)c1. The summed E-state index contributed by atoms with van der Waals surface area (Å²) in [6.07, 6.45) is 1.10. The van der Waals surface area contributed by atoms with Gasteiger partial charge in [0, 0.05) is 36.3 Å². The van der Waals surface area contributed by atoms with Crippen molar-refractivity contribution >= 4 is 17.5 Å². The summed E-state index contributed by atoms with van der Waals surface area (Å²) in [5, 5.41) is 2.74. The van der Waals surface area contributed by atoms with Gasteiger partial charge in [-0.15, -0.1) is 0 Å². The maximum atomic E-state index is 13.3. The average molecular weight is 386 g/mol. The second-order valence-electron chi connectivity index (χ2n) is 6.67. The number of nitrogens with zero attached hydrogens (tertiary/aromatic N) is 1. The number of benzene rings is 2. The van der Waals surface area contributed by atoms with Crippen molar-refractivity contribution in [3.8, 4) is 11.5 Å². The number of piperidine rings is 1. The van der Waals surface area contributed by atoms with E-state index in [1.165, 1.54) is 26.4 Å². The van der Waals surface area contributed by atoms with Gasteiger partial charge in [-0.25, -0.2) is 4.39 Å². The van der Waals surface area contributed by atoms with Gasteiger partial charge in [-0.05, 0) is 43.2 Å². The highest BCUT2D eigenvalue weighted by molar-refractivity contribution is 5.96. The molecule has 2 amide bonds. The Morgan fingerprint density at radius 1 is 1.04 bits per heavy atom. The summed E-state index contributed by atoms with van der Waals surface area (Å²) in [5.74, 6) is 0.208. The molecule has 1 aliphatic heterocycles. The van der Waals surface area contributed by atoms with E-state index in [0.29, 0.717) is 48.7 Å². The van der Waals surface area contributed by atoms with Crippen LogP contribution >= 0.6 is 0 Å². The second-order valence-corrected chi connectivity index (χ2v) is 6.67. The van der Waals surface area contributed by atoms with Crippen LogP contribution in [0.15, 0.2) is 42.5 Å². The van der Waals surface area contributed by atoms with Crippen LogP contribution in [-0.4, -0.2) is 44.0 Å². The molecule has 1 aliphatic rings. The Bertz CT molecular complexity index is 841. The molecule has 1 N–H and O–H groups in total. The van der Waals surface area contributed by atoms with E-state index in [9.17, 15) is 14.0 Å². The van der Waals surface area contributed by atoms with Crippen molar-refractivity contribution < 1.29 is 23.5 Å². The molecule has 7 heteroatoms. The molecule has 0 aliphatic carbocycles. The van der Waals surface area contributed by atoms with Gasteiger partial charge >= 0.3 is 0 Å². The number of nitrogens with one attached hydrogen (secondary N) is 1. The molecule has 1 heterocycles. The number of hydrogen-bond acceptors (Lipinski definition) is 4. The molecule has 2 aromatic rings. The third kappa shape index (κ3) is 4.60. The first-order valence-corrected chi connectivity index (χ1v) is 9.09. The van der Waals surface area contributed by atoms with E-state index in [0.717, 1.165) is 0 Å². The van der Waals surface area contributed by atoms with E-state index < -0.39 is 5.82 Å². The quantitative estimate of drug-likeness (QED) is 0.856. The molecular formula is C21H23FN2O4. The normalized spacial score (nSPS) is 14.5. The van der Waals surface area contributed by atoms with Crippen molar-refractivity contribution in [1.29, 1.82) is 0 Å². The molecule has 3 rings (SSSR count). The smallest absolute Gasteiger partial charge is 0.254 e. The van der Waals surface area contributed by atoms with E-state index >= 15 is 0 Å². The van der Waals surface area contributed by atoms with E-state index in [1.807, 2.05) is 0 Å². The van der Waals surface area contributed by atoms with Crippen LogP contribution in [0, 0.1) is 11.7 Å². The Morgan fingerprint density at radius 2 is 1.68 bits per heavy atom. The van der Waals surface area contributed by atoms with Crippen LogP contribution in [0.25, 0.3) is 0 Å². The number of carbonyl (C=O) groups is 2. The molecule has 0 bridgehead atoms. The average Bonchev–Trinajstić information content (AvgIpc) is 2.72. The number of carbonyl (C=O) groups excluding carboxylic acids is 2. The Kier molecular flexibility index (Phi) is 6.13. The first kappa shape index (κ1) is 19.7. The van der Waals surface area contributed by atoms with Crippen molar-refractivity contribution in [3.05, 3.63) is 53.8 Å². The predicted octanol–water partition coefficient (Wildman–Crippen LogP) is 3.33. The standard InChI is InChI=1S/C21H23FN2O4/c1-27-18-10-15(11-19(13-18)28-2)21(26)24-8-6-14(7-9-24)20(25)23-17-5-3-4-16(22)12-17/h3-5,10-14H,6-9H2,1-2H3,(H,23,25). The van der Waals surface area contributed by atoms with Gasteiger partial charge in [0.1, 0.15) is 17.3 Å². The van der Waals surface area contributed by atoms with Gasteiger partial charge in [-0.1, -0.05) is 6.07 Å². The Morgan fingerprint density at radius 3 is 2.25 bits per heavy atom. The highest BCUT2D eigenvalue weighted by atomic mass is 19.1. The molecule has 1 saturated heterocycles. The maximum Gasteiger partial charge on any atom is 0.254 e. The second kappa shape index (κ2) is 8.73. The Hall–Kier alpha value is -3.09. The summed E-state index contributed by atoms with van der Waals surface area (Å²) >= 11 is 0. The zero-order chi connectivity index (χ0) is 20.1. The summed E-state index contributed by atoms with van der Waals surface area (Å²) in [6, 6.07) is 10.9. The molecule has 0 saturated carbocycles. The first-order chi connectivity index (χ1) is 13.5. The van der Waals surface area contributed by atoms with Crippen molar-refractivity contribution in [2.45, 2.75) is 12.8 Å². The molecule has 0 aromatic heterocycles. The summed E-state index contributed by atoms with van der Waals surface area (Å²) in [6.45, 7) is 0.944. The minimum Gasteiger partial charge on any atom is -0.497 e. The highest BCUT2D eigenvalue weighted by Gasteiger charge is 2.28. The summed E-state index contributed by atoms with van der Waals surface area (Å²) in [5.41, 5.74) is 0.922. The van der Waals surface area contributed by atoms with Gasteiger partial charge in [-0.2, -0.15) is 0 Å². The third-order valence-corrected chi connectivity index (χ3v) is 4.84. The molecule has 148 valence electrons. The third-order valence-electron chi connectivity index (χ3n) is 4.84. The predicted molar refractivity (Wildman–Crippen MR) is 103 cm³/mol. The van der Waals surface area contributed by atoms with Gasteiger partial charge in [0.2, 0.25) is 5.91 Å². The lowest BCUT2D eigenvalue weighted by Crippen LogP contribution is -2.41. The van der Waals surface area contributed by atoms with Crippen LogP contribution in [-0.2, 0) is 4.79 Å². The maximum absolute atomic E-state index is 13.3.